The van der Waals surface area contributed by atoms with Crippen molar-refractivity contribution in [2.45, 2.75) is 38.6 Å². The molecule has 2 aromatic heterocycles. The number of hydrogen-bond donors (Lipinski definition) is 0. The quantitative estimate of drug-likeness (QED) is 0.836. The van der Waals surface area contributed by atoms with Gasteiger partial charge in [0, 0.05) is 24.4 Å². The van der Waals surface area contributed by atoms with E-state index in [1.54, 1.807) is 0 Å². The van der Waals surface area contributed by atoms with Crippen LogP contribution in [0.4, 0.5) is 0 Å². The van der Waals surface area contributed by atoms with Gasteiger partial charge in [0.05, 0.1) is 10.7 Å². The second kappa shape index (κ2) is 5.14. The molecule has 4 heteroatoms. The Morgan fingerprint density at radius 2 is 2.05 bits per heavy atom. The number of piperidine rings is 1. The number of nitrogens with zero attached hydrogens (tertiary/aromatic N) is 3. The van der Waals surface area contributed by atoms with E-state index in [4.69, 9.17) is 16.6 Å². The van der Waals surface area contributed by atoms with E-state index >= 15 is 0 Å². The lowest BCUT2D eigenvalue weighted by molar-refractivity contribution is 0.171. The van der Waals surface area contributed by atoms with Gasteiger partial charge in [-0.3, -0.25) is 0 Å². The highest BCUT2D eigenvalue weighted by molar-refractivity contribution is 6.33. The molecule has 102 valence electrons. The number of aromatic nitrogens is 2. The minimum Gasteiger partial charge on any atom is -0.306 e. The Morgan fingerprint density at radius 3 is 2.68 bits per heavy atom. The summed E-state index contributed by atoms with van der Waals surface area (Å²) in [4.78, 5) is 7.26. The number of hydrogen-bond acceptors (Lipinski definition) is 2. The second-order valence-corrected chi connectivity index (χ2v) is 6.06. The maximum Gasteiger partial charge on any atom is 0.155 e. The van der Waals surface area contributed by atoms with Crippen molar-refractivity contribution in [2.24, 2.45) is 0 Å². The van der Waals surface area contributed by atoms with Crippen molar-refractivity contribution >= 4 is 17.2 Å². The van der Waals surface area contributed by atoms with Crippen LogP contribution in [-0.2, 0) is 0 Å². The van der Waals surface area contributed by atoms with Gasteiger partial charge in [0.15, 0.2) is 5.65 Å². The van der Waals surface area contributed by atoms with Crippen LogP contribution in [0, 0.1) is 0 Å². The fourth-order valence-electron chi connectivity index (χ4n) is 2.91. The Kier molecular flexibility index (Phi) is 3.50. The lowest BCUT2D eigenvalue weighted by atomic mass is 9.93. The molecule has 3 rings (SSSR count). The first-order valence-corrected chi connectivity index (χ1v) is 7.40. The van der Waals surface area contributed by atoms with Gasteiger partial charge in [0.25, 0.3) is 0 Å². The molecule has 0 unspecified atom stereocenters. The molecule has 0 saturated carbocycles. The van der Waals surface area contributed by atoms with E-state index in [0.29, 0.717) is 12.0 Å². The van der Waals surface area contributed by atoms with Crippen LogP contribution in [-0.4, -0.2) is 33.4 Å². The fourth-order valence-corrected chi connectivity index (χ4v) is 3.12. The first-order valence-electron chi connectivity index (χ1n) is 7.02. The van der Waals surface area contributed by atoms with Crippen LogP contribution in [0.3, 0.4) is 0 Å². The second-order valence-electron chi connectivity index (χ2n) is 5.66. The summed E-state index contributed by atoms with van der Waals surface area (Å²) < 4.78 is 2.03. The number of halogens is 1. The molecule has 2 aromatic rings. The molecule has 0 N–H and O–H groups in total. The van der Waals surface area contributed by atoms with Crippen LogP contribution >= 0.6 is 11.6 Å². The summed E-state index contributed by atoms with van der Waals surface area (Å²) in [6.45, 7) is 6.88. The Bertz CT molecular complexity index is 568. The number of rotatable bonds is 2. The molecule has 1 saturated heterocycles. The van der Waals surface area contributed by atoms with Gasteiger partial charge < -0.3 is 9.30 Å². The molecule has 0 aromatic carbocycles. The summed E-state index contributed by atoms with van der Waals surface area (Å²) in [5.74, 6) is 0.575. The van der Waals surface area contributed by atoms with Crippen molar-refractivity contribution in [1.82, 2.24) is 14.3 Å². The summed E-state index contributed by atoms with van der Waals surface area (Å²) in [7, 11) is 0. The van der Waals surface area contributed by atoms with E-state index in [0.717, 1.165) is 10.7 Å². The summed E-state index contributed by atoms with van der Waals surface area (Å²) in [6, 6.07) is 4.51. The van der Waals surface area contributed by atoms with Crippen molar-refractivity contribution in [3.63, 3.8) is 0 Å². The third-order valence-electron chi connectivity index (χ3n) is 4.13. The molecule has 1 fully saturated rings. The van der Waals surface area contributed by atoms with Crippen LogP contribution in [0.2, 0.25) is 5.02 Å². The van der Waals surface area contributed by atoms with E-state index in [1.165, 1.54) is 31.6 Å². The van der Waals surface area contributed by atoms with Crippen molar-refractivity contribution in [1.29, 1.82) is 0 Å². The predicted molar refractivity (Wildman–Crippen MR) is 78.9 cm³/mol. The lowest BCUT2D eigenvalue weighted by Gasteiger charge is -2.33. The van der Waals surface area contributed by atoms with Gasteiger partial charge >= 0.3 is 0 Å². The number of fused-ring (bicyclic) bond motifs is 1. The fraction of sp³-hybridized carbons (Fsp3) is 0.533. The number of likely N-dealkylation sites (tertiary alicyclic amines) is 1. The van der Waals surface area contributed by atoms with Crippen LogP contribution in [0.5, 0.6) is 0 Å². The first-order chi connectivity index (χ1) is 9.15. The minimum absolute atomic E-state index is 0.575. The van der Waals surface area contributed by atoms with Gasteiger partial charge in [-0.2, -0.15) is 0 Å². The molecule has 0 radical (unpaired) electrons. The zero-order valence-corrected chi connectivity index (χ0v) is 12.3. The van der Waals surface area contributed by atoms with Crippen molar-refractivity contribution in [3.8, 4) is 0 Å². The number of pyridine rings is 1. The lowest BCUT2D eigenvalue weighted by Crippen LogP contribution is -2.37. The van der Waals surface area contributed by atoms with Gasteiger partial charge in [-0.15, -0.1) is 0 Å². The molecule has 3 heterocycles. The van der Waals surface area contributed by atoms with E-state index < -0.39 is 0 Å². The molecule has 0 amide bonds. The normalized spacial score (nSPS) is 18.5. The van der Waals surface area contributed by atoms with E-state index in [9.17, 15) is 0 Å². The van der Waals surface area contributed by atoms with Gasteiger partial charge in [0.2, 0.25) is 0 Å². The molecular formula is C15H20ClN3. The average Bonchev–Trinajstić information content (AvgIpc) is 2.84. The van der Waals surface area contributed by atoms with Crippen LogP contribution < -0.4 is 0 Å². The molecule has 0 bridgehead atoms. The highest BCUT2D eigenvalue weighted by atomic mass is 35.5. The topological polar surface area (TPSA) is 20.5 Å². The SMILES string of the molecule is CC(C)N1CCC(c2cn3cccc(Cl)c3n2)CC1. The van der Waals surface area contributed by atoms with Crippen LogP contribution in [0.15, 0.2) is 24.5 Å². The highest BCUT2D eigenvalue weighted by Gasteiger charge is 2.24. The molecule has 1 aliphatic heterocycles. The van der Waals surface area contributed by atoms with Gasteiger partial charge in [0.1, 0.15) is 0 Å². The van der Waals surface area contributed by atoms with Crippen molar-refractivity contribution < 1.29 is 0 Å². The third-order valence-corrected chi connectivity index (χ3v) is 4.43. The molecule has 19 heavy (non-hydrogen) atoms. The maximum atomic E-state index is 6.18. The van der Waals surface area contributed by atoms with E-state index in [1.807, 2.05) is 22.7 Å². The Hall–Kier alpha value is -1.06. The monoisotopic (exact) mass is 277 g/mol. The highest BCUT2D eigenvalue weighted by Crippen LogP contribution is 2.29. The van der Waals surface area contributed by atoms with Crippen molar-refractivity contribution in [3.05, 3.63) is 35.2 Å². The largest absolute Gasteiger partial charge is 0.306 e. The van der Waals surface area contributed by atoms with Gasteiger partial charge in [-0.1, -0.05) is 11.6 Å². The predicted octanol–water partition coefficient (Wildman–Crippen LogP) is 3.58. The number of imidazole rings is 1. The van der Waals surface area contributed by atoms with Crippen LogP contribution in [0.1, 0.15) is 38.3 Å². The Labute approximate surface area is 119 Å². The van der Waals surface area contributed by atoms with Crippen molar-refractivity contribution in [2.75, 3.05) is 13.1 Å². The zero-order valence-electron chi connectivity index (χ0n) is 11.5. The Morgan fingerprint density at radius 1 is 1.32 bits per heavy atom. The smallest absolute Gasteiger partial charge is 0.155 e. The molecule has 0 atom stereocenters. The maximum absolute atomic E-state index is 6.18. The average molecular weight is 278 g/mol. The van der Waals surface area contributed by atoms with E-state index in [2.05, 4.69) is 24.9 Å². The summed E-state index contributed by atoms with van der Waals surface area (Å²) in [5, 5.41) is 0.730. The molecular weight excluding hydrogens is 258 g/mol. The summed E-state index contributed by atoms with van der Waals surface area (Å²) >= 11 is 6.18. The zero-order chi connectivity index (χ0) is 13.4. The standard InChI is InChI=1S/C15H20ClN3/c1-11(2)18-8-5-12(6-9-18)14-10-19-7-3-4-13(16)15(19)17-14/h3-4,7,10-12H,5-6,8-9H2,1-2H3. The van der Waals surface area contributed by atoms with Gasteiger partial charge in [-0.05, 0) is 51.9 Å². The summed E-state index contributed by atoms with van der Waals surface area (Å²) in [5.41, 5.74) is 2.07. The first kappa shape index (κ1) is 12.9. The molecule has 1 aliphatic rings. The minimum atomic E-state index is 0.575. The molecule has 0 spiro atoms. The third kappa shape index (κ3) is 2.49. The molecule has 0 aliphatic carbocycles. The van der Waals surface area contributed by atoms with Crippen LogP contribution in [0.25, 0.3) is 5.65 Å². The Balaban J connectivity index is 1.80. The summed E-state index contributed by atoms with van der Waals surface area (Å²) in [6.07, 6.45) is 6.54. The van der Waals surface area contributed by atoms with E-state index in [-0.39, 0.29) is 0 Å². The van der Waals surface area contributed by atoms with Gasteiger partial charge in [-0.25, -0.2) is 4.98 Å². The molecule has 3 nitrogen and oxygen atoms in total.